The van der Waals surface area contributed by atoms with Crippen LogP contribution in [0.5, 0.6) is 0 Å². The second-order valence-corrected chi connectivity index (χ2v) is 10.1. The van der Waals surface area contributed by atoms with Gasteiger partial charge in [-0.05, 0) is 44.0 Å². The van der Waals surface area contributed by atoms with Crippen LogP contribution in [0.15, 0.2) is 54.6 Å². The number of urea groups is 1. The minimum absolute atomic E-state index is 0.115. The summed E-state index contributed by atoms with van der Waals surface area (Å²) in [4.78, 5) is 27.7. The molecule has 0 radical (unpaired) electrons. The van der Waals surface area contributed by atoms with Gasteiger partial charge in [0.25, 0.3) is 0 Å². The summed E-state index contributed by atoms with van der Waals surface area (Å²) >= 11 is 6.43. The molecule has 0 bridgehead atoms. The number of para-hydroxylation sites is 2. The Bertz CT molecular complexity index is 1200. The number of benzene rings is 2. The maximum atomic E-state index is 13.1. The molecule has 186 valence electrons. The van der Waals surface area contributed by atoms with Gasteiger partial charge in [-0.25, -0.2) is 9.48 Å². The fraction of sp³-hybridized carbons (Fsp3) is 0.370. The summed E-state index contributed by atoms with van der Waals surface area (Å²) in [5, 5.41) is 11.1. The predicted molar refractivity (Wildman–Crippen MR) is 143 cm³/mol. The van der Waals surface area contributed by atoms with E-state index in [9.17, 15) is 9.59 Å². The molecule has 2 aromatic carbocycles. The maximum absolute atomic E-state index is 13.1. The fourth-order valence-electron chi connectivity index (χ4n) is 3.61. The van der Waals surface area contributed by atoms with Crippen LogP contribution in [-0.2, 0) is 16.6 Å². The number of hydrogen-bond acceptors (Lipinski definition) is 3. The van der Waals surface area contributed by atoms with Crippen LogP contribution in [0.25, 0.3) is 5.69 Å². The van der Waals surface area contributed by atoms with Gasteiger partial charge in [0.1, 0.15) is 12.4 Å². The number of nitrogens with one attached hydrogen (secondary N) is 2. The van der Waals surface area contributed by atoms with Gasteiger partial charge >= 0.3 is 6.03 Å². The number of aromatic nitrogens is 2. The molecule has 8 heteroatoms. The maximum Gasteiger partial charge on any atom is 0.322 e. The van der Waals surface area contributed by atoms with Crippen LogP contribution in [0, 0.1) is 0 Å². The number of hydrogen-bond donors (Lipinski definition) is 2. The molecule has 0 saturated carbocycles. The summed E-state index contributed by atoms with van der Waals surface area (Å²) in [6.45, 7) is 11.8. The van der Waals surface area contributed by atoms with E-state index in [1.807, 2.05) is 69.3 Å². The van der Waals surface area contributed by atoms with Crippen LogP contribution in [0.1, 0.15) is 52.8 Å². The highest BCUT2D eigenvalue weighted by Gasteiger charge is 2.25. The molecule has 0 aliphatic heterocycles. The lowest BCUT2D eigenvalue weighted by molar-refractivity contribution is -0.117. The molecule has 3 aromatic rings. The molecule has 1 aromatic heterocycles. The van der Waals surface area contributed by atoms with Gasteiger partial charge in [0.05, 0.1) is 16.4 Å². The van der Waals surface area contributed by atoms with Gasteiger partial charge in [-0.15, -0.1) is 0 Å². The van der Waals surface area contributed by atoms with E-state index in [-0.39, 0.29) is 29.9 Å². The van der Waals surface area contributed by atoms with Gasteiger partial charge in [0.15, 0.2) is 0 Å². The second kappa shape index (κ2) is 11.0. The van der Waals surface area contributed by atoms with Gasteiger partial charge < -0.3 is 15.5 Å². The van der Waals surface area contributed by atoms with Crippen molar-refractivity contribution in [2.45, 2.75) is 59.4 Å². The minimum atomic E-state index is -0.328. The van der Waals surface area contributed by atoms with Gasteiger partial charge in [0, 0.05) is 23.2 Å². The van der Waals surface area contributed by atoms with Crippen LogP contribution in [-0.4, -0.2) is 39.2 Å². The first-order valence-electron chi connectivity index (χ1n) is 11.8. The Morgan fingerprint density at radius 2 is 1.71 bits per heavy atom. The Hall–Kier alpha value is -3.32. The van der Waals surface area contributed by atoms with Crippen molar-refractivity contribution in [3.63, 3.8) is 0 Å². The lowest BCUT2D eigenvalue weighted by Gasteiger charge is -2.27. The molecule has 3 rings (SSSR count). The number of halogens is 1. The van der Waals surface area contributed by atoms with Crippen LogP contribution >= 0.6 is 11.6 Å². The Morgan fingerprint density at radius 1 is 1.06 bits per heavy atom. The lowest BCUT2D eigenvalue weighted by atomic mass is 9.92. The summed E-state index contributed by atoms with van der Waals surface area (Å²) in [7, 11) is 0. The topological polar surface area (TPSA) is 79.3 Å². The van der Waals surface area contributed by atoms with Gasteiger partial charge in [-0.3, -0.25) is 4.79 Å². The molecule has 0 aliphatic carbocycles. The van der Waals surface area contributed by atoms with Gasteiger partial charge in [-0.2, -0.15) is 5.10 Å². The quantitative estimate of drug-likeness (QED) is 0.405. The molecular weight excluding hydrogens is 462 g/mol. The average Bonchev–Trinajstić information content (AvgIpc) is 3.21. The highest BCUT2D eigenvalue weighted by Crippen LogP contribution is 2.29. The van der Waals surface area contributed by atoms with E-state index in [0.717, 1.165) is 23.4 Å². The number of rotatable bonds is 7. The molecule has 2 N–H and O–H groups in total. The largest absolute Gasteiger partial charge is 0.322 e. The standard InChI is InChI=1S/C27H34ClN5O2/c1-7-19-12-8-10-14-21(19)29-26(35)32(18(2)3)17-25(34)30-24-16-23(27(4,5)6)31-33(24)22-15-11-9-13-20(22)28/h8-16,18H,7,17H2,1-6H3,(H,29,35)(H,30,34). The molecule has 0 saturated heterocycles. The van der Waals surface area contributed by atoms with Crippen LogP contribution in [0.3, 0.4) is 0 Å². The summed E-state index contributed by atoms with van der Waals surface area (Å²) in [5.74, 6) is 0.166. The Labute approximate surface area is 212 Å². The van der Waals surface area contributed by atoms with E-state index >= 15 is 0 Å². The third kappa shape index (κ3) is 6.42. The number of anilines is 2. The van der Waals surface area contributed by atoms with Gasteiger partial charge in [-0.1, -0.05) is 69.6 Å². The first kappa shape index (κ1) is 26.3. The first-order chi connectivity index (χ1) is 16.5. The van der Waals surface area contributed by atoms with Crippen molar-refractivity contribution in [3.05, 3.63) is 70.9 Å². The summed E-state index contributed by atoms with van der Waals surface area (Å²) in [6.07, 6.45) is 0.792. The minimum Gasteiger partial charge on any atom is -0.313 e. The zero-order valence-electron chi connectivity index (χ0n) is 21.2. The van der Waals surface area contributed by atoms with Crippen molar-refractivity contribution in [3.8, 4) is 5.69 Å². The van der Waals surface area contributed by atoms with Crippen LogP contribution < -0.4 is 10.6 Å². The van der Waals surface area contributed by atoms with Crippen LogP contribution in [0.4, 0.5) is 16.3 Å². The number of aryl methyl sites for hydroxylation is 1. The summed E-state index contributed by atoms with van der Waals surface area (Å²) in [5.41, 5.74) is 3.02. The molecule has 0 unspecified atom stereocenters. The van der Waals surface area contributed by atoms with Crippen LogP contribution in [0.2, 0.25) is 5.02 Å². The highest BCUT2D eigenvalue weighted by atomic mass is 35.5. The van der Waals surface area contributed by atoms with Crippen molar-refractivity contribution >= 4 is 35.0 Å². The third-order valence-electron chi connectivity index (χ3n) is 5.66. The predicted octanol–water partition coefficient (Wildman–Crippen LogP) is 6.27. The number of carbonyl (C=O) groups is 2. The van der Waals surface area contributed by atoms with Crippen molar-refractivity contribution in [2.75, 3.05) is 17.2 Å². The second-order valence-electron chi connectivity index (χ2n) is 9.74. The molecule has 7 nitrogen and oxygen atoms in total. The smallest absolute Gasteiger partial charge is 0.313 e. The zero-order chi connectivity index (χ0) is 25.8. The fourth-order valence-corrected chi connectivity index (χ4v) is 3.82. The monoisotopic (exact) mass is 495 g/mol. The van der Waals surface area contributed by atoms with Gasteiger partial charge in [0.2, 0.25) is 5.91 Å². The Morgan fingerprint density at radius 3 is 2.34 bits per heavy atom. The van der Waals surface area contributed by atoms with E-state index in [1.54, 1.807) is 10.7 Å². The molecule has 1 heterocycles. The van der Waals surface area contributed by atoms with E-state index in [4.69, 9.17) is 16.7 Å². The lowest BCUT2D eigenvalue weighted by Crippen LogP contribution is -2.44. The molecule has 35 heavy (non-hydrogen) atoms. The first-order valence-corrected chi connectivity index (χ1v) is 12.2. The molecule has 3 amide bonds. The van der Waals surface area contributed by atoms with Crippen molar-refractivity contribution in [1.29, 1.82) is 0 Å². The molecule has 0 atom stereocenters. The van der Waals surface area contributed by atoms with E-state index in [2.05, 4.69) is 31.4 Å². The normalized spacial score (nSPS) is 11.4. The average molecular weight is 496 g/mol. The summed E-state index contributed by atoms with van der Waals surface area (Å²) < 4.78 is 1.64. The molecular formula is C27H34ClN5O2. The van der Waals surface area contributed by atoms with Crippen molar-refractivity contribution in [1.82, 2.24) is 14.7 Å². The van der Waals surface area contributed by atoms with E-state index in [0.29, 0.717) is 16.5 Å². The Kier molecular flexibility index (Phi) is 8.22. The Balaban J connectivity index is 1.83. The van der Waals surface area contributed by atoms with E-state index < -0.39 is 0 Å². The summed E-state index contributed by atoms with van der Waals surface area (Å²) in [6, 6.07) is 16.3. The third-order valence-corrected chi connectivity index (χ3v) is 5.98. The number of amides is 3. The zero-order valence-corrected chi connectivity index (χ0v) is 22.0. The SMILES string of the molecule is CCc1ccccc1NC(=O)N(CC(=O)Nc1cc(C(C)(C)C)nn1-c1ccccc1Cl)C(C)C. The van der Waals surface area contributed by atoms with Crippen molar-refractivity contribution in [2.24, 2.45) is 0 Å². The van der Waals surface area contributed by atoms with E-state index in [1.165, 1.54) is 4.90 Å². The molecule has 0 spiro atoms. The molecule has 0 fully saturated rings. The molecule has 0 aliphatic rings. The highest BCUT2D eigenvalue weighted by molar-refractivity contribution is 6.32. The number of nitrogens with zero attached hydrogens (tertiary/aromatic N) is 3. The van der Waals surface area contributed by atoms with Crippen molar-refractivity contribution < 1.29 is 9.59 Å². The number of carbonyl (C=O) groups excluding carboxylic acids is 2.